The first-order valence-corrected chi connectivity index (χ1v) is 8.67. The van der Waals surface area contributed by atoms with Gasteiger partial charge in [-0.2, -0.15) is 0 Å². The van der Waals surface area contributed by atoms with Gasteiger partial charge in [0.15, 0.2) is 6.61 Å². The molecule has 140 valence electrons. The van der Waals surface area contributed by atoms with Crippen LogP contribution < -0.4 is 5.32 Å². The van der Waals surface area contributed by atoms with Crippen LogP contribution in [0.25, 0.3) is 0 Å². The van der Waals surface area contributed by atoms with E-state index in [1.54, 1.807) is 20.8 Å². The van der Waals surface area contributed by atoms with E-state index in [1.165, 1.54) is 0 Å². The fraction of sp³-hybridized carbons (Fsp3) is 0.400. The maximum Gasteiger partial charge on any atom is 0.355 e. The number of ether oxygens (including phenoxy) is 1. The number of aromatic amines is 1. The highest BCUT2D eigenvalue weighted by Crippen LogP contribution is 2.24. The number of hydrogen-bond acceptors (Lipinski definition) is 4. The molecule has 1 amide bonds. The van der Waals surface area contributed by atoms with Crippen LogP contribution in [0.15, 0.2) is 30.3 Å². The molecule has 26 heavy (non-hydrogen) atoms. The fourth-order valence-electron chi connectivity index (χ4n) is 3.02. The minimum atomic E-state index is -0.685. The van der Waals surface area contributed by atoms with Gasteiger partial charge in [0, 0.05) is 17.8 Å². The largest absolute Gasteiger partial charge is 0.451 e. The zero-order valence-corrected chi connectivity index (χ0v) is 15.6. The highest BCUT2D eigenvalue weighted by molar-refractivity contribution is 5.91. The maximum absolute atomic E-state index is 12.2. The molecule has 0 saturated carbocycles. The Morgan fingerprint density at radius 3 is 2.42 bits per heavy atom. The highest BCUT2D eigenvalue weighted by atomic mass is 16.5. The molecular formula is C20H26N2O4. The van der Waals surface area contributed by atoms with Crippen molar-refractivity contribution < 1.29 is 19.4 Å². The van der Waals surface area contributed by atoms with E-state index in [0.29, 0.717) is 23.4 Å². The lowest BCUT2D eigenvalue weighted by Crippen LogP contribution is -2.31. The standard InChI is InChI=1S/C20H26N2O4/c1-12(16-8-6-5-7-9-16)10-21-17(24)11-26-20(25)19-13(2)18(15(4)23)14(3)22-19/h5-9,12,15,22-23H,10-11H2,1-4H3,(H,21,24)/t12-,15-/m0/s1. The van der Waals surface area contributed by atoms with Crippen molar-refractivity contribution in [3.63, 3.8) is 0 Å². The van der Waals surface area contributed by atoms with Crippen LogP contribution in [0.5, 0.6) is 0 Å². The van der Waals surface area contributed by atoms with Crippen molar-refractivity contribution >= 4 is 11.9 Å². The van der Waals surface area contributed by atoms with Crippen LogP contribution >= 0.6 is 0 Å². The van der Waals surface area contributed by atoms with Crippen LogP contribution in [0.1, 0.15) is 58.7 Å². The van der Waals surface area contributed by atoms with Gasteiger partial charge in [-0.1, -0.05) is 37.3 Å². The first kappa shape index (κ1) is 19.7. The van der Waals surface area contributed by atoms with Gasteiger partial charge in [0.1, 0.15) is 5.69 Å². The Kier molecular flexibility index (Phi) is 6.58. The lowest BCUT2D eigenvalue weighted by Gasteiger charge is -2.13. The van der Waals surface area contributed by atoms with E-state index in [0.717, 1.165) is 5.56 Å². The highest BCUT2D eigenvalue weighted by Gasteiger charge is 2.21. The minimum absolute atomic E-state index is 0.165. The summed E-state index contributed by atoms with van der Waals surface area (Å²) >= 11 is 0. The van der Waals surface area contributed by atoms with Crippen molar-refractivity contribution in [1.29, 1.82) is 0 Å². The van der Waals surface area contributed by atoms with Gasteiger partial charge in [-0.15, -0.1) is 0 Å². The molecule has 2 atom stereocenters. The van der Waals surface area contributed by atoms with Crippen molar-refractivity contribution in [2.45, 2.75) is 39.7 Å². The van der Waals surface area contributed by atoms with Gasteiger partial charge in [-0.05, 0) is 37.8 Å². The fourth-order valence-corrected chi connectivity index (χ4v) is 3.02. The van der Waals surface area contributed by atoms with Gasteiger partial charge in [-0.25, -0.2) is 4.79 Å². The van der Waals surface area contributed by atoms with Crippen molar-refractivity contribution in [2.24, 2.45) is 0 Å². The third kappa shape index (κ3) is 4.73. The molecule has 1 aromatic heterocycles. The van der Waals surface area contributed by atoms with Crippen molar-refractivity contribution in [2.75, 3.05) is 13.2 Å². The lowest BCUT2D eigenvalue weighted by molar-refractivity contribution is -0.124. The van der Waals surface area contributed by atoms with Crippen LogP contribution in [0.2, 0.25) is 0 Å². The van der Waals surface area contributed by atoms with Gasteiger partial charge in [0.05, 0.1) is 6.10 Å². The Hall–Kier alpha value is -2.60. The summed E-state index contributed by atoms with van der Waals surface area (Å²) in [4.78, 5) is 27.1. The Bertz CT molecular complexity index is 766. The summed E-state index contributed by atoms with van der Waals surface area (Å²) < 4.78 is 5.09. The summed E-state index contributed by atoms with van der Waals surface area (Å²) in [5.74, 6) is -0.792. The second kappa shape index (κ2) is 8.67. The Morgan fingerprint density at radius 2 is 1.85 bits per heavy atom. The average Bonchev–Trinajstić information content (AvgIpc) is 2.92. The summed E-state index contributed by atoms with van der Waals surface area (Å²) in [7, 11) is 0. The predicted molar refractivity (Wildman–Crippen MR) is 99.0 cm³/mol. The number of esters is 1. The molecule has 2 rings (SSSR count). The van der Waals surface area contributed by atoms with E-state index in [2.05, 4.69) is 10.3 Å². The predicted octanol–water partition coefficient (Wildman–Crippen LogP) is 2.76. The minimum Gasteiger partial charge on any atom is -0.451 e. The normalized spacial score (nSPS) is 13.1. The number of aliphatic hydroxyl groups is 1. The number of carbonyl (C=O) groups is 2. The Morgan fingerprint density at radius 1 is 1.19 bits per heavy atom. The quantitative estimate of drug-likeness (QED) is 0.664. The van der Waals surface area contributed by atoms with E-state index in [-0.39, 0.29) is 24.1 Å². The summed E-state index contributed by atoms with van der Waals surface area (Å²) in [6.07, 6.45) is -0.685. The maximum atomic E-state index is 12.2. The number of amides is 1. The van der Waals surface area contributed by atoms with Gasteiger partial charge < -0.3 is 20.1 Å². The van der Waals surface area contributed by atoms with Gasteiger partial charge in [-0.3, -0.25) is 4.79 Å². The van der Waals surface area contributed by atoms with Gasteiger partial charge >= 0.3 is 5.97 Å². The van der Waals surface area contributed by atoms with Crippen LogP contribution in [0, 0.1) is 13.8 Å². The van der Waals surface area contributed by atoms with Crippen molar-refractivity contribution in [3.8, 4) is 0 Å². The SMILES string of the molecule is Cc1[nH]c(C(=O)OCC(=O)NC[C@H](C)c2ccccc2)c(C)c1[C@H](C)O. The number of H-pyrrole nitrogens is 1. The second-order valence-corrected chi connectivity index (χ2v) is 6.53. The van der Waals surface area contributed by atoms with E-state index >= 15 is 0 Å². The van der Waals surface area contributed by atoms with Gasteiger partial charge in [0.25, 0.3) is 5.91 Å². The van der Waals surface area contributed by atoms with Crippen LogP contribution in [0.4, 0.5) is 0 Å². The Labute approximate surface area is 153 Å². The molecule has 0 spiro atoms. The molecule has 0 unspecified atom stereocenters. The second-order valence-electron chi connectivity index (χ2n) is 6.53. The number of benzene rings is 1. The van der Waals surface area contributed by atoms with E-state index < -0.39 is 12.1 Å². The summed E-state index contributed by atoms with van der Waals surface area (Å²) in [6, 6.07) is 9.87. The summed E-state index contributed by atoms with van der Waals surface area (Å²) in [6.45, 7) is 7.30. The number of aliphatic hydroxyl groups excluding tert-OH is 1. The van der Waals surface area contributed by atoms with Crippen LogP contribution in [-0.2, 0) is 9.53 Å². The zero-order valence-electron chi connectivity index (χ0n) is 15.6. The van der Waals surface area contributed by atoms with E-state index in [9.17, 15) is 14.7 Å². The summed E-state index contributed by atoms with van der Waals surface area (Å²) in [5.41, 5.74) is 3.43. The summed E-state index contributed by atoms with van der Waals surface area (Å²) in [5, 5.41) is 12.5. The van der Waals surface area contributed by atoms with E-state index in [4.69, 9.17) is 4.74 Å². The molecule has 1 heterocycles. The molecule has 0 aliphatic heterocycles. The third-order valence-corrected chi connectivity index (χ3v) is 4.43. The average molecular weight is 358 g/mol. The number of hydrogen-bond donors (Lipinski definition) is 3. The number of rotatable bonds is 7. The molecule has 3 N–H and O–H groups in total. The smallest absolute Gasteiger partial charge is 0.355 e. The first-order valence-electron chi connectivity index (χ1n) is 8.67. The zero-order chi connectivity index (χ0) is 19.3. The molecular weight excluding hydrogens is 332 g/mol. The Balaban J connectivity index is 1.86. The number of nitrogens with one attached hydrogen (secondary N) is 2. The molecule has 0 aliphatic rings. The van der Waals surface area contributed by atoms with Gasteiger partial charge in [0.2, 0.25) is 0 Å². The molecule has 0 fully saturated rings. The molecule has 0 aliphatic carbocycles. The molecule has 0 radical (unpaired) electrons. The molecule has 0 saturated heterocycles. The van der Waals surface area contributed by atoms with Crippen LogP contribution in [0.3, 0.4) is 0 Å². The molecule has 6 nitrogen and oxygen atoms in total. The third-order valence-electron chi connectivity index (χ3n) is 4.43. The van der Waals surface area contributed by atoms with Crippen LogP contribution in [-0.4, -0.2) is 35.1 Å². The molecule has 1 aromatic carbocycles. The lowest BCUT2D eigenvalue weighted by atomic mass is 10.0. The first-order chi connectivity index (χ1) is 12.3. The molecule has 2 aromatic rings. The molecule has 0 bridgehead atoms. The molecule has 6 heteroatoms. The van der Waals surface area contributed by atoms with Crippen molar-refractivity contribution in [1.82, 2.24) is 10.3 Å². The number of aryl methyl sites for hydroxylation is 1. The topological polar surface area (TPSA) is 91.4 Å². The monoisotopic (exact) mass is 358 g/mol. The number of aromatic nitrogens is 1. The van der Waals surface area contributed by atoms with E-state index in [1.807, 2.05) is 37.3 Å². The number of carbonyl (C=O) groups excluding carboxylic acids is 2. The van der Waals surface area contributed by atoms with Crippen molar-refractivity contribution in [3.05, 3.63) is 58.4 Å².